The molecule has 0 aliphatic rings. The molecule has 0 amide bonds. The summed E-state index contributed by atoms with van der Waals surface area (Å²) in [5.74, 6) is 0. The van der Waals surface area contributed by atoms with E-state index in [0.29, 0.717) is 10.2 Å². The lowest BCUT2D eigenvalue weighted by atomic mass is 9.91. The normalized spacial score (nSPS) is 10.7. The summed E-state index contributed by atoms with van der Waals surface area (Å²) in [7, 11) is 0. The Morgan fingerprint density at radius 2 is 1.04 bits per heavy atom. The number of benzene rings is 3. The van der Waals surface area contributed by atoms with E-state index in [-0.39, 0.29) is 0 Å². The van der Waals surface area contributed by atoms with Crippen LogP contribution < -0.4 is 5.56 Å². The number of aromatic nitrogens is 1. The highest BCUT2D eigenvalue weighted by atomic mass is 79.9. The molecule has 3 aromatic carbocycles. The number of nitrogens with zero attached hydrogens (tertiary/aromatic N) is 1. The van der Waals surface area contributed by atoms with Crippen LogP contribution in [0.1, 0.15) is 0 Å². The second-order valence-electron chi connectivity index (χ2n) is 6.13. The van der Waals surface area contributed by atoms with E-state index in [2.05, 4.69) is 15.9 Å². The van der Waals surface area contributed by atoms with E-state index in [4.69, 9.17) is 0 Å². The van der Waals surface area contributed by atoms with E-state index >= 15 is 0 Å². The van der Waals surface area contributed by atoms with Gasteiger partial charge in [0.05, 0.1) is 10.2 Å². The summed E-state index contributed by atoms with van der Waals surface area (Å²) in [5, 5.41) is 10.7. The van der Waals surface area contributed by atoms with Gasteiger partial charge >= 0.3 is 0 Å². The topological polar surface area (TPSA) is 42.2 Å². The van der Waals surface area contributed by atoms with Gasteiger partial charge in [-0.3, -0.25) is 4.79 Å². The van der Waals surface area contributed by atoms with Gasteiger partial charge in [-0.1, -0.05) is 91.0 Å². The number of hydrogen-bond acceptors (Lipinski definition) is 2. The Morgan fingerprint density at radius 1 is 0.630 bits per heavy atom. The molecule has 1 heterocycles. The molecule has 0 aliphatic carbocycles. The minimum atomic E-state index is -0.493. The highest BCUT2D eigenvalue weighted by molar-refractivity contribution is 9.10. The Kier molecular flexibility index (Phi) is 4.65. The third kappa shape index (κ3) is 3.09. The summed E-state index contributed by atoms with van der Waals surface area (Å²) in [6.45, 7) is 0. The lowest BCUT2D eigenvalue weighted by Gasteiger charge is -2.19. The molecule has 0 saturated heterocycles. The SMILES string of the molecule is O=c1c(Br)c(-c2ccccc2)c(-c2ccccc2)c(-c2ccccc2)n1O. The first-order chi connectivity index (χ1) is 13.2. The summed E-state index contributed by atoms with van der Waals surface area (Å²) >= 11 is 3.43. The van der Waals surface area contributed by atoms with Gasteiger partial charge in [0, 0.05) is 16.7 Å². The molecule has 0 unspecified atom stereocenters. The fourth-order valence-electron chi connectivity index (χ4n) is 3.26. The molecule has 132 valence electrons. The Labute approximate surface area is 165 Å². The van der Waals surface area contributed by atoms with Crippen LogP contribution in [0.4, 0.5) is 0 Å². The summed E-state index contributed by atoms with van der Waals surface area (Å²) in [6.07, 6.45) is 0. The van der Waals surface area contributed by atoms with Gasteiger partial charge in [-0.2, -0.15) is 0 Å². The van der Waals surface area contributed by atoms with Crippen molar-refractivity contribution in [1.29, 1.82) is 0 Å². The highest BCUT2D eigenvalue weighted by Crippen LogP contribution is 2.41. The lowest BCUT2D eigenvalue weighted by molar-refractivity contribution is 0.179. The van der Waals surface area contributed by atoms with Crippen LogP contribution in [-0.4, -0.2) is 9.94 Å². The van der Waals surface area contributed by atoms with Gasteiger partial charge in [0.25, 0.3) is 5.56 Å². The summed E-state index contributed by atoms with van der Waals surface area (Å²) in [5.41, 5.74) is 4.11. The first kappa shape index (κ1) is 17.3. The van der Waals surface area contributed by atoms with Crippen LogP contribution >= 0.6 is 15.9 Å². The molecule has 27 heavy (non-hydrogen) atoms. The Balaban J connectivity index is 2.20. The molecule has 0 saturated carbocycles. The minimum Gasteiger partial charge on any atom is -0.425 e. The first-order valence-corrected chi connectivity index (χ1v) is 9.32. The Morgan fingerprint density at radius 3 is 1.52 bits per heavy atom. The van der Waals surface area contributed by atoms with E-state index in [1.807, 2.05) is 91.0 Å². The fourth-order valence-corrected chi connectivity index (χ4v) is 3.86. The van der Waals surface area contributed by atoms with Gasteiger partial charge in [0.1, 0.15) is 0 Å². The van der Waals surface area contributed by atoms with Crippen LogP contribution in [0.3, 0.4) is 0 Å². The second kappa shape index (κ2) is 7.25. The maximum atomic E-state index is 12.8. The van der Waals surface area contributed by atoms with Gasteiger partial charge in [0.15, 0.2) is 0 Å². The maximum Gasteiger partial charge on any atom is 0.298 e. The van der Waals surface area contributed by atoms with Crippen molar-refractivity contribution in [3.8, 4) is 33.5 Å². The van der Waals surface area contributed by atoms with Crippen LogP contribution in [0.15, 0.2) is 100 Å². The average molecular weight is 418 g/mol. The zero-order valence-electron chi connectivity index (χ0n) is 14.3. The number of pyridine rings is 1. The molecule has 0 bridgehead atoms. The van der Waals surface area contributed by atoms with Crippen molar-refractivity contribution in [2.24, 2.45) is 0 Å². The van der Waals surface area contributed by atoms with Gasteiger partial charge in [0.2, 0.25) is 0 Å². The van der Waals surface area contributed by atoms with E-state index in [1.54, 1.807) is 0 Å². The molecule has 0 aliphatic heterocycles. The predicted molar refractivity (Wildman–Crippen MR) is 112 cm³/mol. The monoisotopic (exact) mass is 417 g/mol. The van der Waals surface area contributed by atoms with E-state index < -0.39 is 5.56 Å². The molecule has 1 aromatic heterocycles. The zero-order valence-corrected chi connectivity index (χ0v) is 15.9. The number of hydrogen-bond donors (Lipinski definition) is 1. The quantitative estimate of drug-likeness (QED) is 0.424. The maximum absolute atomic E-state index is 12.8. The van der Waals surface area contributed by atoms with Gasteiger partial charge in [-0.15, -0.1) is 4.73 Å². The fraction of sp³-hybridized carbons (Fsp3) is 0. The molecule has 0 radical (unpaired) electrons. The van der Waals surface area contributed by atoms with Crippen LogP contribution in [0.5, 0.6) is 0 Å². The van der Waals surface area contributed by atoms with Crippen molar-refractivity contribution in [2.45, 2.75) is 0 Å². The average Bonchev–Trinajstić information content (AvgIpc) is 2.73. The molecule has 3 nitrogen and oxygen atoms in total. The largest absolute Gasteiger partial charge is 0.425 e. The molecular weight excluding hydrogens is 402 g/mol. The van der Waals surface area contributed by atoms with Crippen molar-refractivity contribution >= 4 is 15.9 Å². The molecule has 4 aromatic rings. The van der Waals surface area contributed by atoms with Crippen LogP contribution in [-0.2, 0) is 0 Å². The standard InChI is InChI=1S/C23H16BrNO2/c24-21-19(16-10-4-1-5-11-16)20(17-12-6-2-7-13-17)22(25(27)23(21)26)18-14-8-3-9-15-18/h1-15,27H. The summed E-state index contributed by atoms with van der Waals surface area (Å²) in [4.78, 5) is 12.8. The van der Waals surface area contributed by atoms with Gasteiger partial charge < -0.3 is 5.21 Å². The molecule has 1 N–H and O–H groups in total. The zero-order chi connectivity index (χ0) is 18.8. The van der Waals surface area contributed by atoms with E-state index in [1.165, 1.54) is 0 Å². The number of rotatable bonds is 3. The minimum absolute atomic E-state index is 0.328. The first-order valence-electron chi connectivity index (χ1n) is 8.52. The molecule has 0 atom stereocenters. The third-order valence-electron chi connectivity index (χ3n) is 4.47. The van der Waals surface area contributed by atoms with Gasteiger partial charge in [-0.25, -0.2) is 0 Å². The molecule has 4 rings (SSSR count). The molecule has 4 heteroatoms. The van der Waals surface area contributed by atoms with Crippen molar-refractivity contribution in [2.75, 3.05) is 0 Å². The van der Waals surface area contributed by atoms with Crippen molar-refractivity contribution in [1.82, 2.24) is 4.73 Å². The van der Waals surface area contributed by atoms with Crippen molar-refractivity contribution in [3.05, 3.63) is 106 Å². The molecule has 0 spiro atoms. The van der Waals surface area contributed by atoms with Crippen LogP contribution in [0.25, 0.3) is 33.5 Å². The second-order valence-corrected chi connectivity index (χ2v) is 6.92. The summed E-state index contributed by atoms with van der Waals surface area (Å²) < 4.78 is 1.06. The van der Waals surface area contributed by atoms with E-state index in [9.17, 15) is 10.0 Å². The highest BCUT2D eigenvalue weighted by Gasteiger charge is 2.23. The smallest absolute Gasteiger partial charge is 0.298 e. The van der Waals surface area contributed by atoms with Crippen LogP contribution in [0, 0.1) is 0 Å². The Bertz CT molecular complexity index is 1070. The van der Waals surface area contributed by atoms with Crippen LogP contribution in [0.2, 0.25) is 0 Å². The van der Waals surface area contributed by atoms with Gasteiger partial charge in [-0.05, 0) is 27.1 Å². The number of halogens is 1. The predicted octanol–water partition coefficient (Wildman–Crippen LogP) is 5.85. The molecular formula is C23H16BrNO2. The molecule has 0 fully saturated rings. The summed E-state index contributed by atoms with van der Waals surface area (Å²) in [6, 6.07) is 29.0. The van der Waals surface area contributed by atoms with Crippen molar-refractivity contribution in [3.63, 3.8) is 0 Å². The lowest BCUT2D eigenvalue weighted by Crippen LogP contribution is -2.22. The Hall–Kier alpha value is -3.11. The van der Waals surface area contributed by atoms with E-state index in [0.717, 1.165) is 32.5 Å². The third-order valence-corrected chi connectivity index (χ3v) is 5.21. The van der Waals surface area contributed by atoms with Crippen molar-refractivity contribution < 1.29 is 5.21 Å².